The second-order valence-corrected chi connectivity index (χ2v) is 9.44. The van der Waals surface area contributed by atoms with Crippen molar-refractivity contribution in [1.29, 1.82) is 5.26 Å². The first-order chi connectivity index (χ1) is 14.5. The average molecular weight is 426 g/mol. The van der Waals surface area contributed by atoms with E-state index in [-0.39, 0.29) is 17.3 Å². The summed E-state index contributed by atoms with van der Waals surface area (Å²) in [7, 11) is -3.92. The van der Waals surface area contributed by atoms with Gasteiger partial charge in [-0.2, -0.15) is 9.57 Å². The van der Waals surface area contributed by atoms with Crippen LogP contribution in [-0.2, 0) is 14.8 Å². The summed E-state index contributed by atoms with van der Waals surface area (Å²) in [5.74, 6) is 0.483. The lowest BCUT2D eigenvalue weighted by molar-refractivity contribution is -0.133. The van der Waals surface area contributed by atoms with Gasteiger partial charge in [-0.05, 0) is 49.2 Å². The number of hydrogen-bond acceptors (Lipinski definition) is 5. The molecule has 2 aromatic rings. The van der Waals surface area contributed by atoms with E-state index >= 15 is 0 Å². The van der Waals surface area contributed by atoms with E-state index in [1.54, 1.807) is 4.90 Å². The fraction of sp³-hybridized carbons (Fsp3) is 0.364. The molecule has 7 nitrogen and oxygen atoms in total. The number of nitrogens with zero attached hydrogens (tertiary/aromatic N) is 3. The average Bonchev–Trinajstić information content (AvgIpc) is 3.45. The van der Waals surface area contributed by atoms with Crippen molar-refractivity contribution >= 4 is 15.9 Å². The maximum Gasteiger partial charge on any atom is 0.243 e. The van der Waals surface area contributed by atoms with E-state index < -0.39 is 22.2 Å². The largest absolute Gasteiger partial charge is 0.489 e. The number of nitriles is 1. The summed E-state index contributed by atoms with van der Waals surface area (Å²) in [6, 6.07) is 16.2. The van der Waals surface area contributed by atoms with Crippen LogP contribution in [0.15, 0.2) is 59.5 Å². The number of rotatable bonds is 5. The topological polar surface area (TPSA) is 90.7 Å². The Labute approximate surface area is 176 Å². The Bertz CT molecular complexity index is 1040. The van der Waals surface area contributed by atoms with Crippen molar-refractivity contribution in [2.75, 3.05) is 19.6 Å². The number of ether oxygens (including phenoxy) is 1. The Kier molecular flexibility index (Phi) is 5.75. The van der Waals surface area contributed by atoms with Crippen LogP contribution in [0.25, 0.3) is 0 Å². The lowest BCUT2D eigenvalue weighted by Gasteiger charge is -2.26. The first-order valence-corrected chi connectivity index (χ1v) is 11.5. The maximum absolute atomic E-state index is 13.4. The summed E-state index contributed by atoms with van der Waals surface area (Å²) in [6.07, 6.45) is 1.76. The third-order valence-corrected chi connectivity index (χ3v) is 7.45. The van der Waals surface area contributed by atoms with Gasteiger partial charge >= 0.3 is 0 Å². The Morgan fingerprint density at radius 3 is 2.33 bits per heavy atom. The molecule has 0 aromatic heterocycles. The van der Waals surface area contributed by atoms with Crippen molar-refractivity contribution in [3.05, 3.63) is 60.2 Å². The van der Waals surface area contributed by atoms with Crippen molar-refractivity contribution in [1.82, 2.24) is 9.21 Å². The molecule has 2 heterocycles. The number of hydrogen-bond donors (Lipinski definition) is 0. The molecule has 0 N–H and O–H groups in total. The molecule has 0 unspecified atom stereocenters. The van der Waals surface area contributed by atoms with E-state index in [0.29, 0.717) is 30.8 Å². The van der Waals surface area contributed by atoms with E-state index in [0.717, 1.165) is 12.8 Å². The van der Waals surface area contributed by atoms with Crippen LogP contribution >= 0.6 is 0 Å². The summed E-state index contributed by atoms with van der Waals surface area (Å²) in [4.78, 5) is 15.0. The smallest absolute Gasteiger partial charge is 0.243 e. The maximum atomic E-state index is 13.4. The molecule has 2 saturated heterocycles. The molecule has 0 bridgehead atoms. The highest BCUT2D eigenvalue weighted by molar-refractivity contribution is 7.89. The monoisotopic (exact) mass is 425 g/mol. The number of para-hydroxylation sites is 1. The van der Waals surface area contributed by atoms with Crippen LogP contribution in [0.2, 0.25) is 0 Å². The third-order valence-electron chi connectivity index (χ3n) is 5.56. The summed E-state index contributed by atoms with van der Waals surface area (Å²) in [6.45, 7) is 1.41. The number of likely N-dealkylation sites (tertiary alicyclic amines) is 1. The van der Waals surface area contributed by atoms with Crippen molar-refractivity contribution in [3.8, 4) is 11.8 Å². The van der Waals surface area contributed by atoms with Crippen molar-refractivity contribution in [2.24, 2.45) is 0 Å². The number of carbonyl (C=O) groups is 1. The molecule has 0 saturated carbocycles. The second-order valence-electron chi connectivity index (χ2n) is 7.55. The molecule has 0 spiro atoms. The van der Waals surface area contributed by atoms with Gasteiger partial charge in [0.2, 0.25) is 15.9 Å². The highest BCUT2D eigenvalue weighted by Gasteiger charge is 2.46. The second kappa shape index (κ2) is 8.46. The van der Waals surface area contributed by atoms with Gasteiger partial charge in [0.15, 0.2) is 0 Å². The molecular formula is C22H23N3O4S. The summed E-state index contributed by atoms with van der Waals surface area (Å²) >= 11 is 0. The third kappa shape index (κ3) is 4.04. The minimum atomic E-state index is -3.92. The van der Waals surface area contributed by atoms with E-state index in [2.05, 4.69) is 0 Å². The molecular weight excluding hydrogens is 402 g/mol. The Hall–Kier alpha value is -2.89. The number of carbonyl (C=O) groups excluding carboxylic acids is 1. The summed E-state index contributed by atoms with van der Waals surface area (Å²) < 4.78 is 34.0. The van der Waals surface area contributed by atoms with E-state index in [4.69, 9.17) is 10.00 Å². The number of amides is 1. The lowest BCUT2D eigenvalue weighted by Crippen LogP contribution is -2.46. The lowest BCUT2D eigenvalue weighted by atomic mass is 10.2. The predicted molar refractivity (Wildman–Crippen MR) is 110 cm³/mol. The van der Waals surface area contributed by atoms with Gasteiger partial charge in [0, 0.05) is 19.5 Å². The number of benzene rings is 2. The normalized spacial score (nSPS) is 22.0. The molecule has 0 radical (unpaired) electrons. The Balaban J connectivity index is 1.62. The number of sulfonamides is 1. The van der Waals surface area contributed by atoms with Gasteiger partial charge in [-0.15, -0.1) is 0 Å². The molecule has 2 aromatic carbocycles. The van der Waals surface area contributed by atoms with Gasteiger partial charge in [-0.3, -0.25) is 4.79 Å². The zero-order valence-corrected chi connectivity index (χ0v) is 17.3. The quantitative estimate of drug-likeness (QED) is 0.734. The van der Waals surface area contributed by atoms with Crippen LogP contribution in [-0.4, -0.2) is 55.3 Å². The first-order valence-electron chi connectivity index (χ1n) is 10.0. The van der Waals surface area contributed by atoms with Gasteiger partial charge in [-0.1, -0.05) is 18.2 Å². The van der Waals surface area contributed by atoms with Crippen molar-refractivity contribution in [3.63, 3.8) is 0 Å². The van der Waals surface area contributed by atoms with Gasteiger partial charge in [0.05, 0.1) is 23.1 Å². The van der Waals surface area contributed by atoms with Crippen molar-refractivity contribution < 1.29 is 17.9 Å². The molecule has 2 aliphatic heterocycles. The zero-order chi connectivity index (χ0) is 21.1. The van der Waals surface area contributed by atoms with Crippen molar-refractivity contribution in [2.45, 2.75) is 36.3 Å². The standard InChI is InChI=1S/C22H23N3O4S/c23-15-17-8-10-20(11-9-17)30(27,28)25-16-19(29-18-6-2-1-3-7-18)14-21(25)22(26)24-12-4-5-13-24/h1-3,6-11,19,21H,4-5,12-14,16H2/t19-,21-/m0/s1. The highest BCUT2D eigenvalue weighted by Crippen LogP contribution is 2.31. The minimum Gasteiger partial charge on any atom is -0.489 e. The molecule has 2 atom stereocenters. The summed E-state index contributed by atoms with van der Waals surface area (Å²) in [5, 5.41) is 8.98. The molecule has 156 valence electrons. The predicted octanol–water partition coefficient (Wildman–Crippen LogP) is 2.39. The fourth-order valence-corrected chi connectivity index (χ4v) is 5.65. The van der Waals surface area contributed by atoms with E-state index in [1.165, 1.54) is 28.6 Å². The fourth-order valence-electron chi connectivity index (χ4n) is 4.02. The first kappa shape index (κ1) is 20.4. The highest BCUT2D eigenvalue weighted by atomic mass is 32.2. The van der Waals surface area contributed by atoms with Crippen LogP contribution < -0.4 is 4.74 Å². The van der Waals surface area contributed by atoms with Crippen LogP contribution in [0.4, 0.5) is 0 Å². The molecule has 2 fully saturated rings. The Morgan fingerprint density at radius 2 is 1.70 bits per heavy atom. The molecule has 4 rings (SSSR count). The minimum absolute atomic E-state index is 0.0704. The van der Waals surface area contributed by atoms with Gasteiger partial charge in [-0.25, -0.2) is 8.42 Å². The zero-order valence-electron chi connectivity index (χ0n) is 16.5. The Morgan fingerprint density at radius 1 is 1.03 bits per heavy atom. The van der Waals surface area contributed by atoms with Crippen LogP contribution in [0.5, 0.6) is 5.75 Å². The summed E-state index contributed by atoms with van der Waals surface area (Å²) in [5.41, 5.74) is 0.380. The van der Waals surface area contributed by atoms with E-state index in [9.17, 15) is 13.2 Å². The molecule has 0 aliphatic carbocycles. The molecule has 2 aliphatic rings. The van der Waals surface area contributed by atoms with Gasteiger partial charge in [0.1, 0.15) is 17.9 Å². The SMILES string of the molecule is N#Cc1ccc(S(=O)(=O)N2C[C@@H](Oc3ccccc3)C[C@H]2C(=O)N2CCCC2)cc1. The van der Waals surface area contributed by atoms with Crippen LogP contribution in [0, 0.1) is 11.3 Å². The van der Waals surface area contributed by atoms with Crippen LogP contribution in [0.1, 0.15) is 24.8 Å². The molecule has 30 heavy (non-hydrogen) atoms. The molecule has 8 heteroatoms. The van der Waals surface area contributed by atoms with Crippen LogP contribution in [0.3, 0.4) is 0 Å². The molecule has 1 amide bonds. The van der Waals surface area contributed by atoms with Gasteiger partial charge in [0.25, 0.3) is 0 Å². The van der Waals surface area contributed by atoms with E-state index in [1.807, 2.05) is 36.4 Å². The van der Waals surface area contributed by atoms with Gasteiger partial charge < -0.3 is 9.64 Å².